The van der Waals surface area contributed by atoms with E-state index in [2.05, 4.69) is 9.73 Å². The molecule has 0 spiro atoms. The quantitative estimate of drug-likeness (QED) is 0.561. The van der Waals surface area contributed by atoms with Crippen molar-refractivity contribution in [2.45, 2.75) is 6.42 Å². The molecule has 4 nitrogen and oxygen atoms in total. The molecule has 0 bridgehead atoms. The molecular weight excluding hydrogens is 206 g/mol. The fraction of sp³-hybridized carbons (Fsp3) is 0.333. The summed E-state index contributed by atoms with van der Waals surface area (Å²) in [6, 6.07) is 7.53. The zero-order valence-corrected chi connectivity index (χ0v) is 9.47. The molecule has 1 rings (SSSR count). The zero-order chi connectivity index (χ0) is 11.8. The molecule has 0 aliphatic rings. The van der Waals surface area contributed by atoms with E-state index in [9.17, 15) is 4.79 Å². The third-order valence-electron chi connectivity index (χ3n) is 2.03. The summed E-state index contributed by atoms with van der Waals surface area (Å²) >= 11 is 0. The highest BCUT2D eigenvalue weighted by atomic mass is 16.5. The second-order valence-electron chi connectivity index (χ2n) is 3.13. The Morgan fingerprint density at radius 2 is 2.00 bits per heavy atom. The number of ether oxygens (including phenoxy) is 2. The monoisotopic (exact) mass is 221 g/mol. The third-order valence-corrected chi connectivity index (χ3v) is 2.03. The minimum absolute atomic E-state index is 0.244. The molecule has 86 valence electrons. The number of nitrogens with zero attached hydrogens (tertiary/aromatic N) is 1. The van der Waals surface area contributed by atoms with Gasteiger partial charge in [0.2, 0.25) is 0 Å². The van der Waals surface area contributed by atoms with Gasteiger partial charge in [0.15, 0.2) is 0 Å². The molecule has 0 unspecified atom stereocenters. The van der Waals surface area contributed by atoms with Gasteiger partial charge in [-0.25, -0.2) is 0 Å². The summed E-state index contributed by atoms with van der Waals surface area (Å²) in [5, 5.41) is 0. The Morgan fingerprint density at radius 1 is 1.31 bits per heavy atom. The van der Waals surface area contributed by atoms with Crippen LogP contribution >= 0.6 is 0 Å². The van der Waals surface area contributed by atoms with E-state index >= 15 is 0 Å². The average molecular weight is 221 g/mol. The van der Waals surface area contributed by atoms with Crippen LogP contribution in [0.2, 0.25) is 0 Å². The van der Waals surface area contributed by atoms with E-state index in [0.717, 1.165) is 11.3 Å². The Morgan fingerprint density at radius 3 is 2.56 bits per heavy atom. The number of benzene rings is 1. The van der Waals surface area contributed by atoms with E-state index in [1.54, 1.807) is 13.3 Å². The lowest BCUT2D eigenvalue weighted by Crippen LogP contribution is -2.01. The van der Waals surface area contributed by atoms with Gasteiger partial charge in [0.05, 0.1) is 20.6 Å². The molecule has 0 heterocycles. The summed E-state index contributed by atoms with van der Waals surface area (Å²) in [6.07, 6.45) is 2.03. The maximum absolute atomic E-state index is 10.8. The lowest BCUT2D eigenvalue weighted by molar-refractivity contribution is -0.140. The minimum atomic E-state index is -0.244. The van der Waals surface area contributed by atoms with Crippen LogP contribution in [0.3, 0.4) is 0 Å². The summed E-state index contributed by atoms with van der Waals surface area (Å²) in [4.78, 5) is 14.9. The van der Waals surface area contributed by atoms with Crippen molar-refractivity contribution in [1.29, 1.82) is 0 Å². The molecular formula is C12H15NO3. The van der Waals surface area contributed by atoms with E-state index in [4.69, 9.17) is 4.74 Å². The Hall–Kier alpha value is -1.84. The first-order valence-corrected chi connectivity index (χ1v) is 4.97. The van der Waals surface area contributed by atoms with Crippen molar-refractivity contribution in [2.75, 3.05) is 20.8 Å². The molecule has 1 aromatic rings. The van der Waals surface area contributed by atoms with E-state index in [1.165, 1.54) is 7.11 Å². The molecule has 0 radical (unpaired) electrons. The van der Waals surface area contributed by atoms with Crippen LogP contribution in [0.4, 0.5) is 0 Å². The number of hydrogen-bond donors (Lipinski definition) is 0. The normalized spacial score (nSPS) is 10.4. The Bertz CT molecular complexity index is 357. The fourth-order valence-electron chi connectivity index (χ4n) is 1.12. The smallest absolute Gasteiger partial charge is 0.307 e. The molecule has 0 fully saturated rings. The molecule has 0 aliphatic carbocycles. The van der Waals surface area contributed by atoms with Gasteiger partial charge in [0, 0.05) is 12.8 Å². The van der Waals surface area contributed by atoms with Crippen molar-refractivity contribution < 1.29 is 14.3 Å². The molecule has 0 saturated carbocycles. The number of rotatable bonds is 5. The predicted octanol–water partition coefficient (Wildman–Crippen LogP) is 1.68. The average Bonchev–Trinajstić information content (AvgIpc) is 2.35. The van der Waals surface area contributed by atoms with Crippen LogP contribution in [0.1, 0.15) is 12.0 Å². The van der Waals surface area contributed by atoms with Gasteiger partial charge in [-0.1, -0.05) is 0 Å². The number of hydrogen-bond acceptors (Lipinski definition) is 4. The van der Waals surface area contributed by atoms with Crippen LogP contribution in [0.15, 0.2) is 29.3 Å². The first-order chi connectivity index (χ1) is 7.76. The van der Waals surface area contributed by atoms with Crippen LogP contribution in [-0.4, -0.2) is 32.9 Å². The highest BCUT2D eigenvalue weighted by Crippen LogP contribution is 2.09. The highest BCUT2D eigenvalue weighted by Gasteiger charge is 1.96. The first kappa shape index (κ1) is 12.2. The van der Waals surface area contributed by atoms with Gasteiger partial charge in [-0.3, -0.25) is 9.79 Å². The molecule has 0 saturated heterocycles. The molecule has 0 atom stereocenters. The largest absolute Gasteiger partial charge is 0.497 e. The van der Waals surface area contributed by atoms with Crippen LogP contribution in [0, 0.1) is 0 Å². The number of carbonyl (C=O) groups is 1. The minimum Gasteiger partial charge on any atom is -0.497 e. The first-order valence-electron chi connectivity index (χ1n) is 4.97. The Kier molecular flexibility index (Phi) is 5.05. The lowest BCUT2D eigenvalue weighted by Gasteiger charge is -1.98. The lowest BCUT2D eigenvalue weighted by atomic mass is 10.2. The summed E-state index contributed by atoms with van der Waals surface area (Å²) in [6.45, 7) is 0.443. The van der Waals surface area contributed by atoms with E-state index in [-0.39, 0.29) is 5.97 Å². The molecule has 0 amide bonds. The van der Waals surface area contributed by atoms with Crippen molar-refractivity contribution in [2.24, 2.45) is 4.99 Å². The highest BCUT2D eigenvalue weighted by molar-refractivity contribution is 5.80. The van der Waals surface area contributed by atoms with Gasteiger partial charge in [0.1, 0.15) is 5.75 Å². The molecule has 1 aromatic carbocycles. The van der Waals surface area contributed by atoms with Crippen molar-refractivity contribution in [3.63, 3.8) is 0 Å². The van der Waals surface area contributed by atoms with E-state index in [0.29, 0.717) is 13.0 Å². The fourth-order valence-corrected chi connectivity index (χ4v) is 1.12. The van der Waals surface area contributed by atoms with Crippen LogP contribution in [-0.2, 0) is 9.53 Å². The maximum atomic E-state index is 10.8. The molecule has 16 heavy (non-hydrogen) atoms. The Balaban J connectivity index is 2.40. The van der Waals surface area contributed by atoms with Gasteiger partial charge < -0.3 is 9.47 Å². The number of carbonyl (C=O) groups excluding carboxylic acids is 1. The van der Waals surface area contributed by atoms with Crippen molar-refractivity contribution in [1.82, 2.24) is 0 Å². The maximum Gasteiger partial charge on any atom is 0.307 e. The van der Waals surface area contributed by atoms with Gasteiger partial charge in [-0.15, -0.1) is 0 Å². The molecule has 0 N–H and O–H groups in total. The van der Waals surface area contributed by atoms with Crippen LogP contribution in [0.5, 0.6) is 5.75 Å². The van der Waals surface area contributed by atoms with Crippen molar-refractivity contribution >= 4 is 12.2 Å². The third kappa shape index (κ3) is 4.13. The predicted molar refractivity (Wildman–Crippen MR) is 62.1 cm³/mol. The Labute approximate surface area is 94.9 Å². The van der Waals surface area contributed by atoms with Crippen LogP contribution < -0.4 is 4.74 Å². The van der Waals surface area contributed by atoms with Crippen molar-refractivity contribution in [3.8, 4) is 5.75 Å². The zero-order valence-electron chi connectivity index (χ0n) is 9.47. The standard InChI is InChI=1S/C12H15NO3/c1-15-11-5-3-10(4-6-11)9-13-8-7-12(14)16-2/h3-6,9H,7-8H2,1-2H3/b13-9+. The number of esters is 1. The second kappa shape index (κ2) is 6.61. The van der Waals surface area contributed by atoms with E-state index < -0.39 is 0 Å². The molecule has 0 aromatic heterocycles. The molecule has 4 heteroatoms. The summed E-state index contributed by atoms with van der Waals surface area (Å²) in [5.41, 5.74) is 0.977. The van der Waals surface area contributed by atoms with Crippen molar-refractivity contribution in [3.05, 3.63) is 29.8 Å². The summed E-state index contributed by atoms with van der Waals surface area (Å²) in [5.74, 6) is 0.568. The van der Waals surface area contributed by atoms with Gasteiger partial charge in [-0.05, 0) is 29.8 Å². The van der Waals surface area contributed by atoms with Gasteiger partial charge >= 0.3 is 5.97 Å². The summed E-state index contributed by atoms with van der Waals surface area (Å²) in [7, 11) is 3.00. The van der Waals surface area contributed by atoms with Gasteiger partial charge in [-0.2, -0.15) is 0 Å². The molecule has 0 aliphatic heterocycles. The topological polar surface area (TPSA) is 47.9 Å². The van der Waals surface area contributed by atoms with Crippen LogP contribution in [0.25, 0.3) is 0 Å². The second-order valence-corrected chi connectivity index (χ2v) is 3.13. The van der Waals surface area contributed by atoms with E-state index in [1.807, 2.05) is 24.3 Å². The summed E-state index contributed by atoms with van der Waals surface area (Å²) < 4.78 is 9.54. The SMILES string of the molecule is COC(=O)CC/N=C/c1ccc(OC)cc1. The number of methoxy groups -OCH3 is 2. The number of aliphatic imine (C=N–C) groups is 1. The van der Waals surface area contributed by atoms with Gasteiger partial charge in [0.25, 0.3) is 0 Å².